The maximum Gasteiger partial charge on any atom is 0.338 e. The predicted molar refractivity (Wildman–Crippen MR) is 195 cm³/mol. The Hall–Kier alpha value is -6.29. The van der Waals surface area contributed by atoms with E-state index in [0.717, 1.165) is 49.0 Å². The fraction of sp³-hybridized carbons (Fsp3) is 0.190. The predicted octanol–water partition coefficient (Wildman–Crippen LogP) is 8.33. The quantitative estimate of drug-likeness (QED) is 0.0312. The second kappa shape index (κ2) is 20.4. The highest BCUT2D eigenvalue weighted by Gasteiger charge is 2.10. The van der Waals surface area contributed by atoms with Crippen molar-refractivity contribution in [2.45, 2.75) is 25.7 Å². The van der Waals surface area contributed by atoms with Crippen molar-refractivity contribution < 1.29 is 47.3 Å². The monoisotopic (exact) mass is 706 g/mol. The van der Waals surface area contributed by atoms with Crippen LogP contribution in [0.3, 0.4) is 0 Å². The highest BCUT2D eigenvalue weighted by atomic mass is 19.1. The third-order valence-electron chi connectivity index (χ3n) is 7.54. The van der Waals surface area contributed by atoms with Gasteiger partial charge in [-0.05, 0) is 96.5 Å². The van der Waals surface area contributed by atoms with Gasteiger partial charge in [-0.1, -0.05) is 61.7 Å². The number of ether oxygens (including phenoxy) is 5. The van der Waals surface area contributed by atoms with Crippen LogP contribution in [0.5, 0.6) is 11.5 Å². The first kappa shape index (κ1) is 38.5. The topological polar surface area (TPSA) is 114 Å². The Morgan fingerprint density at radius 3 is 1.77 bits per heavy atom. The molecule has 0 aliphatic heterocycles. The first-order valence-corrected chi connectivity index (χ1v) is 16.6. The Labute approximate surface area is 301 Å². The van der Waals surface area contributed by atoms with E-state index in [1.807, 2.05) is 0 Å². The van der Waals surface area contributed by atoms with Gasteiger partial charge in [0.05, 0.1) is 18.8 Å². The molecule has 4 rings (SSSR count). The molecule has 268 valence electrons. The fourth-order valence-electron chi connectivity index (χ4n) is 4.83. The van der Waals surface area contributed by atoms with Gasteiger partial charge >= 0.3 is 23.9 Å². The van der Waals surface area contributed by atoms with Crippen LogP contribution in [0.1, 0.15) is 41.6 Å². The Bertz CT molecular complexity index is 1860. The zero-order valence-electron chi connectivity index (χ0n) is 28.6. The number of unbranched alkanes of at least 4 members (excludes halogenated alkanes) is 3. The van der Waals surface area contributed by atoms with Gasteiger partial charge in [-0.25, -0.2) is 23.6 Å². The molecule has 0 bridgehead atoms. The van der Waals surface area contributed by atoms with Crippen molar-refractivity contribution in [2.24, 2.45) is 0 Å². The van der Waals surface area contributed by atoms with E-state index in [1.165, 1.54) is 18.2 Å². The minimum absolute atomic E-state index is 0.0649. The molecule has 0 N–H and O–H groups in total. The summed E-state index contributed by atoms with van der Waals surface area (Å²) in [5, 5.41) is 0. The molecule has 0 amide bonds. The summed E-state index contributed by atoms with van der Waals surface area (Å²) in [4.78, 5) is 46.7. The first-order chi connectivity index (χ1) is 25.2. The van der Waals surface area contributed by atoms with Crippen molar-refractivity contribution in [3.05, 3.63) is 139 Å². The molecule has 0 aromatic heterocycles. The molecule has 10 heteroatoms. The van der Waals surface area contributed by atoms with Crippen molar-refractivity contribution in [1.82, 2.24) is 0 Å². The van der Waals surface area contributed by atoms with Gasteiger partial charge in [-0.2, -0.15) is 0 Å². The smallest absolute Gasteiger partial charge is 0.338 e. The number of esters is 4. The number of carbonyl (C=O) groups excluding carboxylic acids is 4. The zero-order valence-corrected chi connectivity index (χ0v) is 28.6. The van der Waals surface area contributed by atoms with Gasteiger partial charge in [0.1, 0.15) is 30.5 Å². The summed E-state index contributed by atoms with van der Waals surface area (Å²) in [5.74, 6) is -1.59. The van der Waals surface area contributed by atoms with E-state index in [1.54, 1.807) is 84.9 Å². The molecule has 0 radical (unpaired) electrons. The number of rotatable bonds is 19. The van der Waals surface area contributed by atoms with E-state index in [0.29, 0.717) is 47.0 Å². The SMILES string of the molecule is C=CC(=O)OCCCCCCOc1ccc(-c2ccc(C=CC(=O)Oc3ccc(-c4ccc(C(=O)OCCOC(=O)C=C)cc4)cc3)cc2F)cc1. The normalized spacial score (nSPS) is 10.6. The molecule has 4 aromatic rings. The lowest BCUT2D eigenvalue weighted by Gasteiger charge is -2.09. The summed E-state index contributed by atoms with van der Waals surface area (Å²) in [6.07, 6.45) is 8.41. The van der Waals surface area contributed by atoms with Crippen molar-refractivity contribution in [3.63, 3.8) is 0 Å². The van der Waals surface area contributed by atoms with E-state index in [9.17, 15) is 19.2 Å². The lowest BCUT2D eigenvalue weighted by Crippen LogP contribution is -2.12. The molecule has 52 heavy (non-hydrogen) atoms. The van der Waals surface area contributed by atoms with Crippen LogP contribution >= 0.6 is 0 Å². The van der Waals surface area contributed by atoms with Crippen LogP contribution in [-0.2, 0) is 28.6 Å². The number of hydrogen-bond donors (Lipinski definition) is 0. The maximum atomic E-state index is 15.0. The molecule has 0 aliphatic rings. The molecule has 0 fully saturated rings. The van der Waals surface area contributed by atoms with E-state index < -0.39 is 29.7 Å². The minimum atomic E-state index is -0.621. The molecule has 0 aliphatic carbocycles. The van der Waals surface area contributed by atoms with Gasteiger partial charge in [-0.15, -0.1) is 0 Å². The van der Waals surface area contributed by atoms with Gasteiger partial charge in [0.25, 0.3) is 0 Å². The molecule has 0 saturated carbocycles. The van der Waals surface area contributed by atoms with E-state index in [2.05, 4.69) is 13.2 Å². The van der Waals surface area contributed by atoms with Crippen LogP contribution in [0.4, 0.5) is 4.39 Å². The van der Waals surface area contributed by atoms with Crippen LogP contribution in [0.15, 0.2) is 122 Å². The van der Waals surface area contributed by atoms with Crippen molar-refractivity contribution >= 4 is 30.0 Å². The van der Waals surface area contributed by atoms with E-state index in [4.69, 9.17) is 23.7 Å². The van der Waals surface area contributed by atoms with E-state index in [-0.39, 0.29) is 13.2 Å². The summed E-state index contributed by atoms with van der Waals surface area (Å²) in [6.45, 7) is 7.45. The highest BCUT2D eigenvalue weighted by Crippen LogP contribution is 2.27. The van der Waals surface area contributed by atoms with Crippen molar-refractivity contribution in [2.75, 3.05) is 26.4 Å². The summed E-state index contributed by atoms with van der Waals surface area (Å²) >= 11 is 0. The average molecular weight is 707 g/mol. The third-order valence-corrected chi connectivity index (χ3v) is 7.54. The lowest BCUT2D eigenvalue weighted by molar-refractivity contribution is -0.139. The van der Waals surface area contributed by atoms with Gasteiger partial charge in [0, 0.05) is 23.8 Å². The zero-order chi connectivity index (χ0) is 37.1. The van der Waals surface area contributed by atoms with Gasteiger partial charge < -0.3 is 23.7 Å². The van der Waals surface area contributed by atoms with Gasteiger partial charge in [0.15, 0.2) is 0 Å². The number of benzene rings is 4. The van der Waals surface area contributed by atoms with Gasteiger partial charge in [-0.3, -0.25) is 0 Å². The Morgan fingerprint density at radius 2 is 1.13 bits per heavy atom. The van der Waals surface area contributed by atoms with Gasteiger partial charge in [0.2, 0.25) is 0 Å². The average Bonchev–Trinajstić information content (AvgIpc) is 3.17. The van der Waals surface area contributed by atoms with Crippen LogP contribution in [0.2, 0.25) is 0 Å². The van der Waals surface area contributed by atoms with E-state index >= 15 is 4.39 Å². The second-order valence-electron chi connectivity index (χ2n) is 11.3. The Kier molecular flexibility index (Phi) is 15.1. The molecule has 0 unspecified atom stereocenters. The summed E-state index contributed by atoms with van der Waals surface area (Å²) < 4.78 is 41.0. The lowest BCUT2D eigenvalue weighted by atomic mass is 10.0. The van der Waals surface area contributed by atoms with Crippen molar-refractivity contribution in [1.29, 1.82) is 0 Å². The van der Waals surface area contributed by atoms with Crippen LogP contribution in [0, 0.1) is 5.82 Å². The molecule has 4 aromatic carbocycles. The summed E-state index contributed by atoms with van der Waals surface area (Å²) in [5.41, 5.74) is 3.61. The number of carbonyl (C=O) groups is 4. The molecule has 9 nitrogen and oxygen atoms in total. The van der Waals surface area contributed by atoms with Crippen LogP contribution < -0.4 is 9.47 Å². The van der Waals surface area contributed by atoms with Crippen LogP contribution in [-0.4, -0.2) is 50.3 Å². The molecule has 0 atom stereocenters. The minimum Gasteiger partial charge on any atom is -0.494 e. The second-order valence-corrected chi connectivity index (χ2v) is 11.3. The maximum absolute atomic E-state index is 15.0. The largest absolute Gasteiger partial charge is 0.494 e. The molecule has 0 heterocycles. The highest BCUT2D eigenvalue weighted by molar-refractivity contribution is 5.90. The number of hydrogen-bond acceptors (Lipinski definition) is 9. The molecule has 0 spiro atoms. The number of halogens is 1. The summed E-state index contributed by atoms with van der Waals surface area (Å²) in [7, 11) is 0. The molecular formula is C42H39FO9. The first-order valence-electron chi connectivity index (χ1n) is 16.6. The van der Waals surface area contributed by atoms with Crippen LogP contribution in [0.25, 0.3) is 28.3 Å². The summed E-state index contributed by atoms with van der Waals surface area (Å²) in [6, 6.07) is 25.5. The molecule has 0 saturated heterocycles. The molecular weight excluding hydrogens is 667 g/mol. The van der Waals surface area contributed by atoms with Crippen molar-refractivity contribution in [3.8, 4) is 33.8 Å². The third kappa shape index (κ3) is 12.5. The standard InChI is InChI=1S/C42H39FO9/c1-3-39(44)49-26-8-6-5-7-25-48-35-19-17-33(18-20-35)37-23-9-30(29-38(37)43)10-24-41(46)52-36-21-15-32(16-22-36)31-11-13-34(14-12-31)42(47)51-28-27-50-40(45)4-2/h3-4,9-24,29H,1-2,5-8,25-28H2. The Balaban J connectivity index is 1.20. The Morgan fingerprint density at radius 1 is 0.577 bits per heavy atom. The fourth-order valence-corrected chi connectivity index (χ4v) is 4.83.